The molecule has 172 valence electrons. The molecule has 0 amide bonds. The first-order valence-electron chi connectivity index (χ1n) is 8.52. The third kappa shape index (κ3) is 6.42. The van der Waals surface area contributed by atoms with Crippen LogP contribution in [0.5, 0.6) is 0 Å². The minimum Gasteiger partial charge on any atom is -0.394 e. The molecule has 0 bridgehead atoms. The van der Waals surface area contributed by atoms with E-state index in [1.165, 1.54) is 0 Å². The van der Waals surface area contributed by atoms with Crippen LogP contribution in [0.25, 0.3) is 0 Å². The molecule has 2 heterocycles. The zero-order valence-corrected chi connectivity index (χ0v) is 20.1. The van der Waals surface area contributed by atoms with E-state index in [1.807, 2.05) is 0 Å². The normalized spacial score (nSPS) is 22.3. The average Bonchev–Trinajstić information content (AvgIpc) is 2.99. The summed E-state index contributed by atoms with van der Waals surface area (Å²) in [4.78, 5) is 51.7. The van der Waals surface area contributed by atoms with Crippen LogP contribution in [0.2, 0.25) is 0 Å². The van der Waals surface area contributed by atoms with Crippen LogP contribution in [0.4, 0.5) is 10.2 Å². The van der Waals surface area contributed by atoms with Gasteiger partial charge in [-0.1, -0.05) is 0 Å². The second-order valence-corrected chi connectivity index (χ2v) is 10.6. The third-order valence-electron chi connectivity index (χ3n) is 4.52. The number of hydrogen-bond acceptors (Lipinski definition) is 9. The minimum atomic E-state index is -5.60. The third-order valence-corrected chi connectivity index (χ3v) is 8.39. The van der Waals surface area contributed by atoms with Crippen LogP contribution in [0.15, 0.2) is 11.0 Å². The van der Waals surface area contributed by atoms with Gasteiger partial charge >= 0.3 is 50.4 Å². The molecule has 0 spiro atoms. The molecule has 0 radical (unpaired) electrons. The van der Waals surface area contributed by atoms with E-state index < -0.39 is 75.5 Å². The quantitative estimate of drug-likeness (QED) is 0.0905. The number of aliphatic hydroxyl groups is 3. The Morgan fingerprint density at radius 3 is 2.35 bits per heavy atom. The Morgan fingerprint density at radius 1 is 1.29 bits per heavy atom. The molecule has 18 heteroatoms. The average molecular weight is 500 g/mol. The summed E-state index contributed by atoms with van der Waals surface area (Å²) in [6, 6.07) is 0. The van der Waals surface area contributed by atoms with E-state index in [0.29, 0.717) is 0 Å². The van der Waals surface area contributed by atoms with E-state index >= 15 is 0 Å². The van der Waals surface area contributed by atoms with Crippen LogP contribution >= 0.6 is 15.2 Å². The summed E-state index contributed by atoms with van der Waals surface area (Å²) < 4.78 is 42.8. The van der Waals surface area contributed by atoms with Crippen molar-refractivity contribution < 1.29 is 82.7 Å². The minimum absolute atomic E-state index is 0. The molecule has 0 aliphatic carbocycles. The van der Waals surface area contributed by atoms with Gasteiger partial charge in [0.15, 0.2) is 11.6 Å². The number of aliphatic hydroxyl groups excluding tert-OH is 2. The predicted molar refractivity (Wildman–Crippen MR) is 96.8 cm³/mol. The molecule has 14 nitrogen and oxygen atoms in total. The van der Waals surface area contributed by atoms with E-state index in [2.05, 4.69) is 10.3 Å². The molecule has 1 saturated heterocycles. The summed E-state index contributed by atoms with van der Waals surface area (Å²) >= 11 is 0. The summed E-state index contributed by atoms with van der Waals surface area (Å²) in [6.45, 7) is -0.849. The van der Waals surface area contributed by atoms with Crippen molar-refractivity contribution in [3.8, 4) is 0 Å². The van der Waals surface area contributed by atoms with Gasteiger partial charge in [-0.25, -0.2) is 9.18 Å². The number of nitrogens with zero attached hydrogens (tertiary/aromatic N) is 2. The first-order chi connectivity index (χ1) is 13.7. The Morgan fingerprint density at radius 2 is 1.87 bits per heavy atom. The van der Waals surface area contributed by atoms with Crippen molar-refractivity contribution in [3.63, 3.8) is 0 Å². The van der Waals surface area contributed by atoms with Crippen molar-refractivity contribution in [2.75, 3.05) is 18.5 Å². The van der Waals surface area contributed by atoms with Crippen molar-refractivity contribution in [2.24, 2.45) is 0 Å². The first-order valence-corrected chi connectivity index (χ1v) is 11.7. The molecule has 1 fully saturated rings. The summed E-state index contributed by atoms with van der Waals surface area (Å²) in [7, 11) is -11.2. The zero-order valence-electron chi connectivity index (χ0n) is 16.3. The molecule has 3 unspecified atom stereocenters. The molecule has 0 saturated carbocycles. The van der Waals surface area contributed by atoms with E-state index in [0.717, 1.165) is 10.8 Å². The molecular formula is C13H22FN3NaO11P2+. The summed E-state index contributed by atoms with van der Waals surface area (Å²) in [5.74, 6) is -1.58. The van der Waals surface area contributed by atoms with Gasteiger partial charge in [0.1, 0.15) is 12.3 Å². The second kappa shape index (κ2) is 10.8. The zero-order chi connectivity index (χ0) is 22.9. The molecule has 0 aromatic carbocycles. The predicted octanol–water partition coefficient (Wildman–Crippen LogP) is -4.78. The number of nitrogens with one attached hydrogen (secondary N) is 1. The van der Waals surface area contributed by atoms with Gasteiger partial charge in [0.2, 0.25) is 0 Å². The maximum Gasteiger partial charge on any atom is 1.00 e. The van der Waals surface area contributed by atoms with Gasteiger partial charge in [-0.3, -0.25) is 13.7 Å². The van der Waals surface area contributed by atoms with E-state index in [1.54, 1.807) is 0 Å². The largest absolute Gasteiger partial charge is 1.00 e. The number of halogens is 1. The molecular weight excluding hydrogens is 478 g/mol. The van der Waals surface area contributed by atoms with Crippen molar-refractivity contribution in [3.05, 3.63) is 22.5 Å². The van der Waals surface area contributed by atoms with Gasteiger partial charge in [-0.2, -0.15) is 4.98 Å². The Kier molecular flexibility index (Phi) is 10.0. The van der Waals surface area contributed by atoms with Crippen LogP contribution in [0.1, 0.15) is 25.5 Å². The molecule has 1 aliphatic heterocycles. The summed E-state index contributed by atoms with van der Waals surface area (Å²) in [5, 5.41) is 27.2. The van der Waals surface area contributed by atoms with Crippen LogP contribution < -0.4 is 40.6 Å². The molecule has 8 N–H and O–H groups in total. The van der Waals surface area contributed by atoms with Gasteiger partial charge in [-0.05, 0) is 6.42 Å². The molecule has 1 aromatic rings. The van der Waals surface area contributed by atoms with E-state index in [4.69, 9.17) is 29.4 Å². The summed E-state index contributed by atoms with van der Waals surface area (Å²) in [5.41, 5.74) is -0.961. The topological polar surface area (TPSA) is 232 Å². The van der Waals surface area contributed by atoms with Gasteiger partial charge < -0.3 is 44.9 Å². The smallest absolute Gasteiger partial charge is 0.394 e. The first kappa shape index (κ1) is 28.8. The standard InChI is InChI=1S/C13H22FN3O11P2.Na/c14-7-5-17(10-4-8(19)9(6-18)28-10)12(20)16-11(7)15-3-1-2-13(21,29(22,23)24)30(25,26)27;/h5,8-10,18-19,21H,1-4,6H2,(H,15,16,20)(H2,22,23,24)(H2,25,26,27);/q;+1. The van der Waals surface area contributed by atoms with Crippen LogP contribution in [0, 0.1) is 5.82 Å². The second-order valence-electron chi connectivity index (χ2n) is 6.63. The summed E-state index contributed by atoms with van der Waals surface area (Å²) in [6.07, 6.45) is -3.84. The fourth-order valence-corrected chi connectivity index (χ4v) is 5.08. The molecule has 2 rings (SSSR count). The van der Waals surface area contributed by atoms with Crippen molar-refractivity contribution >= 4 is 21.0 Å². The van der Waals surface area contributed by atoms with Crippen LogP contribution in [-0.4, -0.2) is 74.9 Å². The monoisotopic (exact) mass is 500 g/mol. The maximum absolute atomic E-state index is 14.2. The van der Waals surface area contributed by atoms with Gasteiger partial charge in [0, 0.05) is 19.4 Å². The molecule has 1 aliphatic rings. The van der Waals surface area contributed by atoms with Crippen molar-refractivity contribution in [1.29, 1.82) is 0 Å². The Hall–Kier alpha value is -0.250. The van der Waals surface area contributed by atoms with Gasteiger partial charge in [-0.15, -0.1) is 0 Å². The van der Waals surface area contributed by atoms with Gasteiger partial charge in [0.25, 0.3) is 5.08 Å². The van der Waals surface area contributed by atoms with E-state index in [9.17, 15) is 28.5 Å². The Labute approximate surface area is 196 Å². The number of ether oxygens (including phenoxy) is 1. The van der Waals surface area contributed by atoms with Gasteiger partial charge in [0.05, 0.1) is 18.9 Å². The van der Waals surface area contributed by atoms with Crippen molar-refractivity contribution in [1.82, 2.24) is 9.55 Å². The fraction of sp³-hybridized carbons (Fsp3) is 0.692. The van der Waals surface area contributed by atoms with Crippen LogP contribution in [0.3, 0.4) is 0 Å². The number of rotatable bonds is 9. The Bertz CT molecular complexity index is 900. The van der Waals surface area contributed by atoms with Crippen LogP contribution in [-0.2, 0) is 13.9 Å². The number of aromatic nitrogens is 2. The number of anilines is 1. The number of hydrogen-bond donors (Lipinski definition) is 8. The Balaban J connectivity index is 0.00000480. The molecule has 31 heavy (non-hydrogen) atoms. The fourth-order valence-electron chi connectivity index (χ4n) is 2.82. The van der Waals surface area contributed by atoms with Crippen molar-refractivity contribution in [2.45, 2.75) is 42.8 Å². The molecule has 3 atom stereocenters. The van der Waals surface area contributed by atoms with E-state index in [-0.39, 0.29) is 42.5 Å². The SMILES string of the molecule is O=c1nc(NCCCC(O)(P(=O)(O)O)P(=O)(O)O)c(F)cn1C1CC(O)C(CO)O1.[Na+]. The maximum atomic E-state index is 14.2. The molecule has 1 aromatic heterocycles.